The molecule has 158 valence electrons. The van der Waals surface area contributed by atoms with Crippen molar-refractivity contribution in [3.8, 4) is 11.5 Å². The number of hydrogen-bond donors (Lipinski definition) is 3. The minimum atomic E-state index is -0.646. The average molecular weight is 397 g/mol. The van der Waals surface area contributed by atoms with Crippen molar-refractivity contribution in [2.24, 2.45) is 0 Å². The molecule has 1 unspecified atom stereocenters. The summed E-state index contributed by atoms with van der Waals surface area (Å²) >= 11 is 0. The number of rotatable bonds is 12. The molecule has 3 N–H and O–H groups in total. The third kappa shape index (κ3) is 8.75. The number of hydrogen-bond acceptors (Lipinski definition) is 7. The van der Waals surface area contributed by atoms with Crippen LogP contribution in [-0.2, 0) is 9.47 Å². The van der Waals surface area contributed by atoms with Crippen molar-refractivity contribution in [1.82, 2.24) is 15.5 Å². The highest BCUT2D eigenvalue weighted by atomic mass is 16.5. The second-order valence-corrected chi connectivity index (χ2v) is 6.31. The lowest BCUT2D eigenvalue weighted by Gasteiger charge is -2.27. The van der Waals surface area contributed by atoms with Crippen LogP contribution < -0.4 is 20.1 Å². The number of nitrogens with zero attached hydrogens (tertiary/aromatic N) is 1. The number of aliphatic hydroxyl groups excluding tert-OH is 1. The molecule has 1 heterocycles. The van der Waals surface area contributed by atoms with Gasteiger partial charge in [0.25, 0.3) is 0 Å². The minimum absolute atomic E-state index is 0.0800. The van der Waals surface area contributed by atoms with Gasteiger partial charge in [-0.2, -0.15) is 0 Å². The van der Waals surface area contributed by atoms with E-state index in [1.54, 1.807) is 24.1 Å². The molecule has 1 aliphatic heterocycles. The molecule has 1 saturated heterocycles. The van der Waals surface area contributed by atoms with Crippen LogP contribution in [0.4, 0.5) is 4.79 Å². The Kier molecular flexibility index (Phi) is 10.4. The first-order valence-corrected chi connectivity index (χ1v) is 9.53. The van der Waals surface area contributed by atoms with Gasteiger partial charge >= 0.3 is 6.03 Å². The maximum Gasteiger partial charge on any atom is 0.317 e. The maximum atomic E-state index is 11.9. The van der Waals surface area contributed by atoms with Crippen LogP contribution in [0, 0.1) is 0 Å². The Morgan fingerprint density at radius 3 is 2.50 bits per heavy atom. The molecule has 0 spiro atoms. The first-order chi connectivity index (χ1) is 13.7. The molecule has 1 aliphatic rings. The summed E-state index contributed by atoms with van der Waals surface area (Å²) in [5.41, 5.74) is 0. The second kappa shape index (κ2) is 13.2. The van der Waals surface area contributed by atoms with Gasteiger partial charge in [0.2, 0.25) is 0 Å². The number of methoxy groups -OCH3 is 1. The molecular weight excluding hydrogens is 366 g/mol. The van der Waals surface area contributed by atoms with Crippen LogP contribution in [-0.4, -0.2) is 95.0 Å². The van der Waals surface area contributed by atoms with Gasteiger partial charge in [-0.25, -0.2) is 4.79 Å². The van der Waals surface area contributed by atoms with Crippen LogP contribution in [0.25, 0.3) is 0 Å². The van der Waals surface area contributed by atoms with Gasteiger partial charge in [0.1, 0.15) is 30.8 Å². The standard InChI is InChI=1S/C19H31N3O6/c1-25-12-13-27-17-2-4-18(5-3-17)28-15-16(23)14-20-6-7-21-19(24)22-8-10-26-11-9-22/h2-5,16,20,23H,6-15H2,1H3,(H,21,24). The molecule has 2 rings (SSSR count). The van der Waals surface area contributed by atoms with E-state index >= 15 is 0 Å². The third-order valence-electron chi connectivity index (χ3n) is 4.08. The predicted molar refractivity (Wildman–Crippen MR) is 104 cm³/mol. The number of nitrogens with one attached hydrogen (secondary N) is 2. The SMILES string of the molecule is COCCOc1ccc(OCC(O)CNCCNC(=O)N2CCOCC2)cc1. The zero-order chi connectivity index (χ0) is 20.0. The minimum Gasteiger partial charge on any atom is -0.491 e. The van der Waals surface area contributed by atoms with Gasteiger partial charge < -0.3 is 39.6 Å². The number of carbonyl (C=O) groups is 1. The van der Waals surface area contributed by atoms with Gasteiger partial charge in [-0.3, -0.25) is 0 Å². The zero-order valence-electron chi connectivity index (χ0n) is 16.4. The molecule has 0 saturated carbocycles. The largest absolute Gasteiger partial charge is 0.491 e. The number of benzene rings is 1. The number of amides is 2. The van der Waals surface area contributed by atoms with Gasteiger partial charge in [0, 0.05) is 39.8 Å². The topological polar surface area (TPSA) is 102 Å². The average Bonchev–Trinajstić information content (AvgIpc) is 2.73. The monoisotopic (exact) mass is 397 g/mol. The first kappa shape index (κ1) is 22.2. The van der Waals surface area contributed by atoms with Crippen molar-refractivity contribution in [3.63, 3.8) is 0 Å². The van der Waals surface area contributed by atoms with Crippen LogP contribution in [0.15, 0.2) is 24.3 Å². The van der Waals surface area contributed by atoms with Gasteiger partial charge in [-0.1, -0.05) is 0 Å². The molecular formula is C19H31N3O6. The van der Waals surface area contributed by atoms with Crippen LogP contribution in [0.5, 0.6) is 11.5 Å². The number of morpholine rings is 1. The predicted octanol–water partition coefficient (Wildman–Crippen LogP) is 0.0829. The summed E-state index contributed by atoms with van der Waals surface area (Å²) in [5.74, 6) is 1.40. The molecule has 0 radical (unpaired) electrons. The molecule has 1 aromatic rings. The molecule has 1 fully saturated rings. The highest BCUT2D eigenvalue weighted by Gasteiger charge is 2.15. The molecule has 28 heavy (non-hydrogen) atoms. The summed E-state index contributed by atoms with van der Waals surface area (Å²) < 4.78 is 21.2. The fourth-order valence-electron chi connectivity index (χ4n) is 2.53. The molecule has 1 atom stereocenters. The van der Waals surface area contributed by atoms with E-state index in [1.807, 2.05) is 12.1 Å². The van der Waals surface area contributed by atoms with Crippen molar-refractivity contribution in [2.75, 3.05) is 72.9 Å². The summed E-state index contributed by atoms with van der Waals surface area (Å²) in [7, 11) is 1.63. The lowest BCUT2D eigenvalue weighted by atomic mass is 10.3. The first-order valence-electron chi connectivity index (χ1n) is 9.53. The Morgan fingerprint density at radius 1 is 1.14 bits per heavy atom. The second-order valence-electron chi connectivity index (χ2n) is 6.31. The quantitative estimate of drug-likeness (QED) is 0.430. The fraction of sp³-hybridized carbons (Fsp3) is 0.632. The molecule has 0 aliphatic carbocycles. The molecule has 9 nitrogen and oxygen atoms in total. The van der Waals surface area contributed by atoms with Gasteiger partial charge in [-0.05, 0) is 24.3 Å². The van der Waals surface area contributed by atoms with Crippen LogP contribution in [0.1, 0.15) is 0 Å². The summed E-state index contributed by atoms with van der Waals surface area (Å²) in [6.45, 7) is 5.06. The maximum absolute atomic E-state index is 11.9. The van der Waals surface area contributed by atoms with Crippen molar-refractivity contribution < 1.29 is 28.8 Å². The fourth-order valence-corrected chi connectivity index (χ4v) is 2.53. The summed E-state index contributed by atoms with van der Waals surface area (Å²) in [4.78, 5) is 13.6. The van der Waals surface area contributed by atoms with E-state index < -0.39 is 6.10 Å². The van der Waals surface area contributed by atoms with Gasteiger partial charge in [0.05, 0.1) is 19.8 Å². The van der Waals surface area contributed by atoms with E-state index in [0.29, 0.717) is 64.9 Å². The van der Waals surface area contributed by atoms with Crippen molar-refractivity contribution >= 4 is 6.03 Å². The van der Waals surface area contributed by atoms with Crippen LogP contribution in [0.3, 0.4) is 0 Å². The Labute approximate surface area is 165 Å². The molecule has 1 aromatic carbocycles. The van der Waals surface area contributed by atoms with E-state index in [4.69, 9.17) is 18.9 Å². The molecule has 9 heteroatoms. The molecule has 0 aromatic heterocycles. The Hall–Kier alpha value is -2.07. The molecule has 0 bridgehead atoms. The normalized spacial score (nSPS) is 15.1. The summed E-state index contributed by atoms with van der Waals surface area (Å²) in [6.07, 6.45) is -0.646. The summed E-state index contributed by atoms with van der Waals surface area (Å²) in [6, 6.07) is 7.13. The number of aliphatic hydroxyl groups is 1. The highest BCUT2D eigenvalue weighted by molar-refractivity contribution is 5.74. The number of ether oxygens (including phenoxy) is 4. The smallest absolute Gasteiger partial charge is 0.317 e. The number of carbonyl (C=O) groups excluding carboxylic acids is 1. The van der Waals surface area contributed by atoms with Gasteiger partial charge in [-0.15, -0.1) is 0 Å². The number of urea groups is 1. The zero-order valence-corrected chi connectivity index (χ0v) is 16.4. The van der Waals surface area contributed by atoms with E-state index in [9.17, 15) is 9.90 Å². The Balaban J connectivity index is 1.51. The summed E-state index contributed by atoms with van der Waals surface area (Å²) in [5, 5.41) is 15.9. The van der Waals surface area contributed by atoms with E-state index in [1.165, 1.54) is 0 Å². The van der Waals surface area contributed by atoms with Gasteiger partial charge in [0.15, 0.2) is 0 Å². The lowest BCUT2D eigenvalue weighted by molar-refractivity contribution is 0.0532. The van der Waals surface area contributed by atoms with Crippen LogP contribution in [0.2, 0.25) is 0 Å². The van der Waals surface area contributed by atoms with Crippen molar-refractivity contribution in [3.05, 3.63) is 24.3 Å². The van der Waals surface area contributed by atoms with Crippen LogP contribution >= 0.6 is 0 Å². The lowest BCUT2D eigenvalue weighted by Crippen LogP contribution is -2.47. The van der Waals surface area contributed by atoms with E-state index in [-0.39, 0.29) is 12.6 Å². The van der Waals surface area contributed by atoms with Crippen molar-refractivity contribution in [2.45, 2.75) is 6.10 Å². The van der Waals surface area contributed by atoms with E-state index in [2.05, 4.69) is 10.6 Å². The Morgan fingerprint density at radius 2 is 1.82 bits per heavy atom. The Bertz CT molecular complexity index is 551. The third-order valence-corrected chi connectivity index (χ3v) is 4.08. The van der Waals surface area contributed by atoms with Crippen molar-refractivity contribution in [1.29, 1.82) is 0 Å². The highest BCUT2D eigenvalue weighted by Crippen LogP contribution is 2.17. The van der Waals surface area contributed by atoms with E-state index in [0.717, 1.165) is 5.75 Å². The molecule has 2 amide bonds.